The molecule has 1 fully saturated rings. The number of aliphatic hydroxyl groups is 1. The van der Waals surface area contributed by atoms with Crippen molar-refractivity contribution in [2.24, 2.45) is 10.9 Å². The summed E-state index contributed by atoms with van der Waals surface area (Å²) >= 11 is 0. The molecule has 1 rings (SSSR count). The summed E-state index contributed by atoms with van der Waals surface area (Å²) in [6.07, 6.45) is 3.97. The predicted octanol–water partition coefficient (Wildman–Crippen LogP) is 2.05. The van der Waals surface area contributed by atoms with E-state index in [-0.39, 0.29) is 42.0 Å². The highest BCUT2D eigenvalue weighted by molar-refractivity contribution is 14.0. The first kappa shape index (κ1) is 21.9. The van der Waals surface area contributed by atoms with E-state index in [1.807, 2.05) is 6.92 Å². The van der Waals surface area contributed by atoms with Crippen LogP contribution in [0.3, 0.4) is 0 Å². The topological polar surface area (TPSA) is 59.9 Å². The second-order valence-corrected chi connectivity index (χ2v) is 6.72. The van der Waals surface area contributed by atoms with Gasteiger partial charge in [0, 0.05) is 25.2 Å². The van der Waals surface area contributed by atoms with E-state index in [1.165, 1.54) is 32.4 Å². The van der Waals surface area contributed by atoms with E-state index in [0.717, 1.165) is 25.6 Å². The van der Waals surface area contributed by atoms with E-state index in [1.54, 1.807) is 0 Å². The van der Waals surface area contributed by atoms with Gasteiger partial charge in [-0.05, 0) is 52.6 Å². The molecule has 0 bridgehead atoms. The van der Waals surface area contributed by atoms with Gasteiger partial charge in [-0.3, -0.25) is 9.89 Å². The maximum atomic E-state index is 9.10. The molecule has 1 atom stereocenters. The number of nitrogens with one attached hydrogen (secondary N) is 2. The SMILES string of the molecule is CCNC(=NCC(C)(C)N1CCCCC1)NCC(C)CO.I. The number of hydrogen-bond donors (Lipinski definition) is 3. The Morgan fingerprint density at radius 3 is 2.41 bits per heavy atom. The van der Waals surface area contributed by atoms with Gasteiger partial charge in [0.05, 0.1) is 6.54 Å². The van der Waals surface area contributed by atoms with Gasteiger partial charge in [0.1, 0.15) is 0 Å². The van der Waals surface area contributed by atoms with Crippen LogP contribution in [0.5, 0.6) is 0 Å². The molecular formula is C16H35IN4O. The first-order chi connectivity index (χ1) is 9.99. The Morgan fingerprint density at radius 2 is 1.86 bits per heavy atom. The summed E-state index contributed by atoms with van der Waals surface area (Å²) in [6, 6.07) is 0. The number of guanidine groups is 1. The number of rotatable bonds is 7. The third kappa shape index (κ3) is 7.97. The zero-order chi connectivity index (χ0) is 15.7. The van der Waals surface area contributed by atoms with Gasteiger partial charge in [0.2, 0.25) is 0 Å². The molecule has 5 nitrogen and oxygen atoms in total. The highest BCUT2D eigenvalue weighted by Gasteiger charge is 2.27. The number of piperidine rings is 1. The Balaban J connectivity index is 0.00000441. The third-order valence-corrected chi connectivity index (χ3v) is 4.11. The van der Waals surface area contributed by atoms with Crippen molar-refractivity contribution in [1.29, 1.82) is 0 Å². The van der Waals surface area contributed by atoms with Crippen molar-refractivity contribution in [3.63, 3.8) is 0 Å². The van der Waals surface area contributed by atoms with Crippen molar-refractivity contribution >= 4 is 29.9 Å². The molecule has 1 heterocycles. The Kier molecular flexibility index (Phi) is 11.4. The average molecular weight is 426 g/mol. The van der Waals surface area contributed by atoms with Gasteiger partial charge >= 0.3 is 0 Å². The van der Waals surface area contributed by atoms with Crippen molar-refractivity contribution in [1.82, 2.24) is 15.5 Å². The van der Waals surface area contributed by atoms with Crippen molar-refractivity contribution in [2.75, 3.05) is 39.3 Å². The largest absolute Gasteiger partial charge is 0.396 e. The first-order valence-corrected chi connectivity index (χ1v) is 8.37. The molecule has 0 aromatic rings. The minimum absolute atomic E-state index is 0. The number of aliphatic imine (C=N–C) groups is 1. The monoisotopic (exact) mass is 426 g/mol. The summed E-state index contributed by atoms with van der Waals surface area (Å²) in [4.78, 5) is 7.29. The number of aliphatic hydroxyl groups excluding tert-OH is 1. The second-order valence-electron chi connectivity index (χ2n) is 6.72. The molecule has 22 heavy (non-hydrogen) atoms. The standard InChI is InChI=1S/C16H34N4O.HI/c1-5-17-15(18-11-14(2)12-21)19-13-16(3,4)20-9-7-6-8-10-20;/h14,21H,5-13H2,1-4H3,(H2,17,18,19);1H. The van der Waals surface area contributed by atoms with Crippen LogP contribution in [0.4, 0.5) is 0 Å². The van der Waals surface area contributed by atoms with Crippen LogP contribution in [0, 0.1) is 5.92 Å². The molecule has 1 saturated heterocycles. The smallest absolute Gasteiger partial charge is 0.191 e. The summed E-state index contributed by atoms with van der Waals surface area (Å²) in [6.45, 7) is 13.6. The van der Waals surface area contributed by atoms with Crippen LogP contribution in [0.2, 0.25) is 0 Å². The molecule has 3 N–H and O–H groups in total. The molecule has 0 aromatic carbocycles. The lowest BCUT2D eigenvalue weighted by molar-refractivity contribution is 0.102. The van der Waals surface area contributed by atoms with Crippen LogP contribution in [-0.2, 0) is 0 Å². The zero-order valence-corrected chi connectivity index (χ0v) is 17.0. The van der Waals surface area contributed by atoms with Crippen molar-refractivity contribution in [3.8, 4) is 0 Å². The molecule has 1 unspecified atom stereocenters. The minimum atomic E-state index is 0. The Hall–Kier alpha value is -0.0800. The molecule has 0 radical (unpaired) electrons. The predicted molar refractivity (Wildman–Crippen MR) is 105 cm³/mol. The molecule has 132 valence electrons. The van der Waals surface area contributed by atoms with Gasteiger partial charge in [0.25, 0.3) is 0 Å². The molecule has 1 aliphatic heterocycles. The highest BCUT2D eigenvalue weighted by Crippen LogP contribution is 2.20. The van der Waals surface area contributed by atoms with Crippen LogP contribution in [0.1, 0.15) is 47.0 Å². The van der Waals surface area contributed by atoms with Crippen LogP contribution < -0.4 is 10.6 Å². The Labute approximate surface area is 153 Å². The summed E-state index contributed by atoms with van der Waals surface area (Å²) < 4.78 is 0. The molecule has 6 heteroatoms. The average Bonchev–Trinajstić information content (AvgIpc) is 2.50. The summed E-state index contributed by atoms with van der Waals surface area (Å²) in [5.74, 6) is 1.09. The molecule has 0 spiro atoms. The zero-order valence-electron chi connectivity index (χ0n) is 14.7. The number of likely N-dealkylation sites (tertiary alicyclic amines) is 1. The van der Waals surface area contributed by atoms with Crippen molar-refractivity contribution in [2.45, 2.75) is 52.5 Å². The van der Waals surface area contributed by atoms with E-state index in [4.69, 9.17) is 10.1 Å². The van der Waals surface area contributed by atoms with Crippen molar-refractivity contribution < 1.29 is 5.11 Å². The van der Waals surface area contributed by atoms with E-state index < -0.39 is 0 Å². The fourth-order valence-electron chi connectivity index (χ4n) is 2.55. The van der Waals surface area contributed by atoms with Crippen LogP contribution >= 0.6 is 24.0 Å². The maximum Gasteiger partial charge on any atom is 0.191 e. The molecule has 0 saturated carbocycles. The fraction of sp³-hybridized carbons (Fsp3) is 0.938. The van der Waals surface area contributed by atoms with E-state index >= 15 is 0 Å². The normalized spacial score (nSPS) is 18.5. The van der Waals surface area contributed by atoms with E-state index in [9.17, 15) is 0 Å². The van der Waals surface area contributed by atoms with Gasteiger partial charge in [-0.15, -0.1) is 24.0 Å². The molecule has 0 aliphatic carbocycles. The Morgan fingerprint density at radius 1 is 1.23 bits per heavy atom. The first-order valence-electron chi connectivity index (χ1n) is 8.37. The fourth-order valence-corrected chi connectivity index (χ4v) is 2.55. The quantitative estimate of drug-likeness (QED) is 0.331. The van der Waals surface area contributed by atoms with Gasteiger partial charge in [-0.25, -0.2) is 0 Å². The van der Waals surface area contributed by atoms with Gasteiger partial charge in [-0.1, -0.05) is 13.3 Å². The van der Waals surface area contributed by atoms with Gasteiger partial charge in [-0.2, -0.15) is 0 Å². The number of nitrogens with zero attached hydrogens (tertiary/aromatic N) is 2. The van der Waals surface area contributed by atoms with Gasteiger partial charge in [0.15, 0.2) is 5.96 Å². The van der Waals surface area contributed by atoms with Gasteiger partial charge < -0.3 is 15.7 Å². The number of halogens is 1. The summed E-state index contributed by atoms with van der Waals surface area (Å²) in [5.41, 5.74) is 0.103. The lowest BCUT2D eigenvalue weighted by Crippen LogP contribution is -2.49. The highest BCUT2D eigenvalue weighted by atomic mass is 127. The molecule has 0 aromatic heterocycles. The summed E-state index contributed by atoms with van der Waals surface area (Å²) in [5, 5.41) is 15.7. The number of hydrogen-bond acceptors (Lipinski definition) is 3. The third-order valence-electron chi connectivity index (χ3n) is 4.11. The molecule has 0 amide bonds. The minimum Gasteiger partial charge on any atom is -0.396 e. The van der Waals surface area contributed by atoms with Crippen LogP contribution in [0.15, 0.2) is 4.99 Å². The lowest BCUT2D eigenvalue weighted by atomic mass is 9.99. The maximum absolute atomic E-state index is 9.10. The summed E-state index contributed by atoms with van der Waals surface area (Å²) in [7, 11) is 0. The van der Waals surface area contributed by atoms with E-state index in [0.29, 0.717) is 0 Å². The molecular weight excluding hydrogens is 391 g/mol. The second kappa shape index (κ2) is 11.5. The van der Waals surface area contributed by atoms with Crippen LogP contribution in [0.25, 0.3) is 0 Å². The molecule has 1 aliphatic rings. The van der Waals surface area contributed by atoms with E-state index in [2.05, 4.69) is 36.3 Å². The lowest BCUT2D eigenvalue weighted by Gasteiger charge is -2.40. The van der Waals surface area contributed by atoms with Crippen LogP contribution in [-0.4, -0.2) is 60.8 Å². The van der Waals surface area contributed by atoms with Crippen molar-refractivity contribution in [3.05, 3.63) is 0 Å². The Bertz CT molecular complexity index is 317.